The molecular weight excluding hydrogens is 1510 g/mol. The summed E-state index contributed by atoms with van der Waals surface area (Å²) in [5.41, 5.74) is 0. The lowest BCUT2D eigenvalue weighted by molar-refractivity contribution is -0.152. The van der Waals surface area contributed by atoms with Crippen LogP contribution in [-0.4, -0.2) is 166 Å². The van der Waals surface area contributed by atoms with Gasteiger partial charge in [-0.2, -0.15) is 0 Å². The van der Waals surface area contributed by atoms with Gasteiger partial charge in [-0.1, -0.05) is 283 Å². The first-order valence-corrected chi connectivity index (χ1v) is 49.3. The third-order valence-corrected chi connectivity index (χ3v) is 21.4. The number of aliphatic hydroxyl groups excluding tert-OH is 8. The lowest BCUT2D eigenvalue weighted by atomic mass is 10.0. The van der Waals surface area contributed by atoms with Crippen LogP contribution in [0.15, 0.2) is 48.6 Å². The van der Waals surface area contributed by atoms with Crippen molar-refractivity contribution in [2.75, 3.05) is 52.9 Å². The highest BCUT2D eigenvalue weighted by Gasteiger charge is 2.37. The summed E-state index contributed by atoms with van der Waals surface area (Å²) in [7, 11) is 0. The van der Waals surface area contributed by atoms with Gasteiger partial charge in [0.05, 0.1) is 45.2 Å². The first-order chi connectivity index (χ1) is 58.2. The van der Waals surface area contributed by atoms with E-state index in [2.05, 4.69) is 62.5 Å². The maximum absolute atomic E-state index is 11.6. The van der Waals surface area contributed by atoms with Crippen LogP contribution in [0.5, 0.6) is 0 Å². The predicted molar refractivity (Wildman–Crippen MR) is 491 cm³/mol. The van der Waals surface area contributed by atoms with Crippen LogP contribution < -0.4 is 0 Å². The molecule has 1 rings (SSSR count). The Morgan fingerprint density at radius 2 is 0.387 bits per heavy atom. The highest BCUT2D eigenvalue weighted by molar-refractivity contribution is 5.71. The van der Waals surface area contributed by atoms with Gasteiger partial charge in [-0.25, -0.2) is 0 Å². The second kappa shape index (κ2) is 103. The van der Waals surface area contributed by atoms with Crippen LogP contribution in [-0.2, 0) is 52.4 Å². The largest absolute Gasteiger partial charge is 0.460 e. The highest BCUT2D eigenvalue weighted by atomic mass is 16.6. The molecule has 119 heavy (non-hydrogen) atoms. The van der Waals surface area contributed by atoms with Crippen molar-refractivity contribution in [2.45, 2.75) is 509 Å². The molecule has 8 N–H and O–H groups in total. The summed E-state index contributed by atoms with van der Waals surface area (Å²) in [6.45, 7) is 14.6. The SMILES string of the molecule is CCC(CO)OC(=O)CCCCCCC/C=C/CCCCCCO.CCC(CO)OC(=O)CCCCCCC/C=C\CCCCCCO.CCC(CO)OC(=O)CCCCCCCC1OC1CCCCCCO.CCCCCC/C=C/CCCCCCCC(=O)OC(CC)CO.CCCCCC/C=C\CCCCCCCC(=O)OC(CC)CO. The molecule has 0 aliphatic carbocycles. The van der Waals surface area contributed by atoms with Crippen molar-refractivity contribution in [3.63, 3.8) is 0 Å². The standard InChI is InChI=1S/C20H38O5.2C20H38O4.2C20H38O3/c1-2-17(16-22)24-20(23)14-10-5-3-4-8-12-18-19(25-18)13-9-6-7-11-15-21;2*1-2-19(18-22)24-20(23)16-14-12-10-8-6-4-3-5-7-9-11-13-15-17-21;2*1-3-5-6-7-8-9-10-11-12-13-14-15-16-17-20(22)23-19(4-2)18-21/h17-19,21-22H,2-16H2,1H3;2*3,5,19,21-22H,2,4,6-18H2,1H3;2*9-10,19,21H,3-8,11-18H2,1-2H3/b;5-3+;5-3-;10-9+;10-9-. The number of rotatable bonds is 83. The van der Waals surface area contributed by atoms with E-state index in [1.165, 1.54) is 212 Å². The number of carbonyl (C=O) groups excluding carboxylic acids is 5. The van der Waals surface area contributed by atoms with Crippen molar-refractivity contribution in [1.82, 2.24) is 0 Å². The summed E-state index contributed by atoms with van der Waals surface area (Å²) >= 11 is 0. The normalized spacial score (nSPS) is 14.3. The third-order valence-electron chi connectivity index (χ3n) is 21.4. The minimum absolute atomic E-state index is 0.0750. The van der Waals surface area contributed by atoms with E-state index in [1.807, 2.05) is 34.6 Å². The molecule has 19 nitrogen and oxygen atoms in total. The summed E-state index contributed by atoms with van der Waals surface area (Å²) in [5, 5.41) is 71.0. The number of unbranched alkanes of at least 4 members (excludes halogenated alkanes) is 43. The summed E-state index contributed by atoms with van der Waals surface area (Å²) in [6.07, 6.45) is 87.3. The van der Waals surface area contributed by atoms with E-state index in [0.717, 1.165) is 141 Å². The number of carbonyl (C=O) groups is 5. The molecule has 0 saturated carbocycles. The molecule has 0 aromatic rings. The van der Waals surface area contributed by atoms with Crippen LogP contribution in [0.3, 0.4) is 0 Å². The van der Waals surface area contributed by atoms with Gasteiger partial charge in [-0.15, -0.1) is 0 Å². The van der Waals surface area contributed by atoms with Gasteiger partial charge in [0, 0.05) is 51.9 Å². The second-order valence-electron chi connectivity index (χ2n) is 32.6. The smallest absolute Gasteiger partial charge is 0.306 e. The molecule has 19 heteroatoms. The van der Waals surface area contributed by atoms with E-state index in [9.17, 15) is 24.0 Å². The van der Waals surface area contributed by atoms with Crippen LogP contribution in [0.4, 0.5) is 0 Å². The molecule has 0 radical (unpaired) electrons. The van der Waals surface area contributed by atoms with Gasteiger partial charge in [-0.3, -0.25) is 24.0 Å². The van der Waals surface area contributed by atoms with Crippen molar-refractivity contribution in [3.8, 4) is 0 Å². The Balaban J connectivity index is -0.000000695. The Hall–Kier alpha value is -4.05. The number of esters is 5. The highest BCUT2D eigenvalue weighted by Crippen LogP contribution is 2.32. The maximum Gasteiger partial charge on any atom is 0.306 e. The Kier molecular flexibility index (Phi) is 105. The zero-order valence-electron chi connectivity index (χ0n) is 77.8. The van der Waals surface area contributed by atoms with Gasteiger partial charge >= 0.3 is 29.8 Å². The fourth-order valence-corrected chi connectivity index (χ4v) is 13.1. The number of ether oxygens (including phenoxy) is 6. The summed E-state index contributed by atoms with van der Waals surface area (Å²) in [4.78, 5) is 57.7. The fourth-order valence-electron chi connectivity index (χ4n) is 13.1. The van der Waals surface area contributed by atoms with Crippen LogP contribution in [0.1, 0.15) is 466 Å². The van der Waals surface area contributed by atoms with Crippen LogP contribution in [0.2, 0.25) is 0 Å². The first-order valence-electron chi connectivity index (χ1n) is 49.3. The van der Waals surface area contributed by atoms with E-state index in [1.54, 1.807) is 0 Å². The minimum Gasteiger partial charge on any atom is -0.460 e. The van der Waals surface area contributed by atoms with Gasteiger partial charge in [0.25, 0.3) is 0 Å². The molecule has 0 aromatic heterocycles. The van der Waals surface area contributed by atoms with Gasteiger partial charge in [0.1, 0.15) is 30.5 Å². The molecular formula is C100H190O19. The Morgan fingerprint density at radius 1 is 0.227 bits per heavy atom. The zero-order valence-corrected chi connectivity index (χ0v) is 77.8. The molecule has 7 unspecified atom stereocenters. The molecule has 0 amide bonds. The van der Waals surface area contributed by atoms with Gasteiger partial charge in [0.15, 0.2) is 0 Å². The maximum atomic E-state index is 11.6. The second-order valence-corrected chi connectivity index (χ2v) is 32.6. The van der Waals surface area contributed by atoms with E-state index in [-0.39, 0.29) is 93.4 Å². The van der Waals surface area contributed by atoms with E-state index < -0.39 is 0 Å². The molecule has 1 heterocycles. The minimum atomic E-state index is -0.339. The summed E-state index contributed by atoms with van der Waals surface area (Å²) in [6, 6.07) is 0. The van der Waals surface area contributed by atoms with Crippen LogP contribution >= 0.6 is 0 Å². The molecule has 1 aliphatic heterocycles. The van der Waals surface area contributed by atoms with Gasteiger partial charge in [-0.05, 0) is 199 Å². The molecule has 0 bridgehead atoms. The first kappa shape index (κ1) is 121. The molecule has 1 fully saturated rings. The zero-order chi connectivity index (χ0) is 88.4. The molecule has 0 aromatic carbocycles. The van der Waals surface area contributed by atoms with Crippen molar-refractivity contribution in [3.05, 3.63) is 48.6 Å². The number of hydrogen-bond acceptors (Lipinski definition) is 19. The predicted octanol–water partition coefficient (Wildman–Crippen LogP) is 23.9. The quantitative estimate of drug-likeness (QED) is 0.00922. The average molecular weight is 1700 g/mol. The number of epoxide rings is 1. The van der Waals surface area contributed by atoms with Gasteiger partial charge < -0.3 is 69.3 Å². The van der Waals surface area contributed by atoms with Crippen molar-refractivity contribution < 1.29 is 93.2 Å². The topological polar surface area (TPSA) is 306 Å². The van der Waals surface area contributed by atoms with Crippen molar-refractivity contribution >= 4 is 29.8 Å². The molecule has 0 spiro atoms. The Labute approximate surface area is 729 Å². The molecule has 1 aliphatic rings. The number of allylic oxidation sites excluding steroid dienone is 8. The molecule has 1 saturated heterocycles. The summed E-state index contributed by atoms with van der Waals surface area (Å²) < 4.78 is 31.5. The van der Waals surface area contributed by atoms with E-state index in [4.69, 9.17) is 69.3 Å². The monoisotopic (exact) mass is 1700 g/mol. The average Bonchev–Trinajstić information content (AvgIpc) is 1.70. The lowest BCUT2D eigenvalue weighted by Gasteiger charge is -2.12. The lowest BCUT2D eigenvalue weighted by Crippen LogP contribution is -2.20. The van der Waals surface area contributed by atoms with Gasteiger partial charge in [0.2, 0.25) is 0 Å². The summed E-state index contributed by atoms with van der Waals surface area (Å²) in [5.74, 6) is -0.890. The van der Waals surface area contributed by atoms with E-state index >= 15 is 0 Å². The molecule has 7 atom stereocenters. The fraction of sp³-hybridized carbons (Fsp3) is 0.870. The van der Waals surface area contributed by atoms with Crippen molar-refractivity contribution in [2.24, 2.45) is 0 Å². The third kappa shape index (κ3) is 97.6. The van der Waals surface area contributed by atoms with Crippen molar-refractivity contribution in [1.29, 1.82) is 0 Å². The van der Waals surface area contributed by atoms with Crippen LogP contribution in [0.25, 0.3) is 0 Å². The number of hydrogen-bond donors (Lipinski definition) is 8. The molecule has 704 valence electrons. The number of aliphatic hydroxyl groups is 8. The van der Waals surface area contributed by atoms with Crippen LogP contribution in [0, 0.1) is 0 Å². The van der Waals surface area contributed by atoms with E-state index in [0.29, 0.717) is 96.2 Å². The Morgan fingerprint density at radius 3 is 0.555 bits per heavy atom. The Bertz CT molecular complexity index is 2070.